The van der Waals surface area contributed by atoms with E-state index in [-0.39, 0.29) is 34.9 Å². The highest BCUT2D eigenvalue weighted by atomic mass is 79.9. The van der Waals surface area contributed by atoms with Crippen LogP contribution in [-0.2, 0) is 14.8 Å². The van der Waals surface area contributed by atoms with Gasteiger partial charge in [0.1, 0.15) is 11.2 Å². The largest absolute Gasteiger partial charge is 0.443 e. The Hall–Kier alpha value is -4.39. The number of rotatable bonds is 6. The molecule has 12 nitrogen and oxygen atoms in total. The molecular formula is C32H37BrN6O6. The van der Waals surface area contributed by atoms with E-state index in [0.29, 0.717) is 27.1 Å². The summed E-state index contributed by atoms with van der Waals surface area (Å²) in [5, 5.41) is 9.17. The van der Waals surface area contributed by atoms with Gasteiger partial charge in [0.25, 0.3) is 11.4 Å². The van der Waals surface area contributed by atoms with Crippen molar-refractivity contribution >= 4 is 33.9 Å². The standard InChI is InChI=1S/C32H37BrN6O6/c1-18(2)38-17-21(11-13-24(38)40)23-16-34-26(39(29(41)44-31(4,5)6)30(42)45-32(7,8)9)25(35-23)28-37-36-27(43-28)22-12-10-20(15-33)14-19(22)3/h10-14,16-18H,15H2,1-9H3. The fourth-order valence-electron chi connectivity index (χ4n) is 4.23. The lowest BCUT2D eigenvalue weighted by Crippen LogP contribution is -2.44. The molecule has 1 aromatic carbocycles. The predicted octanol–water partition coefficient (Wildman–Crippen LogP) is 7.48. The van der Waals surface area contributed by atoms with Crippen LogP contribution in [0, 0.1) is 6.92 Å². The maximum Gasteiger partial charge on any atom is 0.425 e. The summed E-state index contributed by atoms with van der Waals surface area (Å²) in [6, 6.07) is 8.73. The number of imide groups is 1. The molecule has 0 spiro atoms. The van der Waals surface area contributed by atoms with Gasteiger partial charge in [-0.15, -0.1) is 10.2 Å². The van der Waals surface area contributed by atoms with E-state index in [1.165, 1.54) is 12.3 Å². The highest BCUT2D eigenvalue weighted by Crippen LogP contribution is 2.34. The first-order valence-corrected chi connectivity index (χ1v) is 15.4. The Bertz CT molecular complexity index is 1760. The van der Waals surface area contributed by atoms with Gasteiger partial charge in [-0.1, -0.05) is 28.1 Å². The van der Waals surface area contributed by atoms with Gasteiger partial charge in [0.05, 0.1) is 11.9 Å². The van der Waals surface area contributed by atoms with Crippen LogP contribution >= 0.6 is 15.9 Å². The van der Waals surface area contributed by atoms with Crippen molar-refractivity contribution in [2.24, 2.45) is 0 Å². The molecule has 3 heterocycles. The fraction of sp³-hybridized carbons (Fsp3) is 0.406. The third-order valence-electron chi connectivity index (χ3n) is 6.21. The van der Waals surface area contributed by atoms with Crippen LogP contribution in [0.3, 0.4) is 0 Å². The molecule has 2 amide bonds. The molecule has 0 atom stereocenters. The molecule has 0 unspecified atom stereocenters. The number of carbonyl (C=O) groups excluding carboxylic acids is 2. The average molecular weight is 682 g/mol. The zero-order valence-electron chi connectivity index (χ0n) is 26.8. The predicted molar refractivity (Wildman–Crippen MR) is 173 cm³/mol. The van der Waals surface area contributed by atoms with Gasteiger partial charge < -0.3 is 18.5 Å². The number of amides is 2. The number of halogens is 1. The average Bonchev–Trinajstić information content (AvgIpc) is 3.41. The first-order valence-electron chi connectivity index (χ1n) is 14.3. The van der Waals surface area contributed by atoms with Crippen molar-refractivity contribution in [3.8, 4) is 34.3 Å². The summed E-state index contributed by atoms with van der Waals surface area (Å²) in [6.07, 6.45) is 0.975. The Kier molecular flexibility index (Phi) is 9.62. The molecule has 4 rings (SSSR count). The van der Waals surface area contributed by atoms with Crippen LogP contribution in [-0.4, -0.2) is 48.1 Å². The van der Waals surface area contributed by atoms with Gasteiger partial charge in [-0.25, -0.2) is 19.6 Å². The molecule has 0 N–H and O–H groups in total. The molecule has 0 aliphatic heterocycles. The number of hydrogen-bond donors (Lipinski definition) is 0. The number of ether oxygens (including phenoxy) is 2. The fourth-order valence-corrected chi connectivity index (χ4v) is 4.58. The zero-order valence-corrected chi connectivity index (χ0v) is 28.4. The summed E-state index contributed by atoms with van der Waals surface area (Å²) >= 11 is 3.46. The molecule has 0 saturated carbocycles. The molecule has 0 saturated heterocycles. The zero-order chi connectivity index (χ0) is 33.3. The summed E-state index contributed by atoms with van der Waals surface area (Å²) < 4.78 is 18.8. The van der Waals surface area contributed by atoms with Gasteiger partial charge >= 0.3 is 12.2 Å². The first kappa shape index (κ1) is 33.5. The van der Waals surface area contributed by atoms with E-state index in [0.717, 1.165) is 11.1 Å². The number of aromatic nitrogens is 5. The minimum Gasteiger partial charge on any atom is -0.443 e. The van der Waals surface area contributed by atoms with Gasteiger partial charge in [0.15, 0.2) is 11.5 Å². The molecule has 0 radical (unpaired) electrons. The lowest BCUT2D eigenvalue weighted by atomic mass is 10.1. The van der Waals surface area contributed by atoms with E-state index in [2.05, 4.69) is 31.1 Å². The van der Waals surface area contributed by atoms with Gasteiger partial charge in [0, 0.05) is 34.8 Å². The third kappa shape index (κ3) is 8.01. The Morgan fingerprint density at radius 1 is 0.978 bits per heavy atom. The van der Waals surface area contributed by atoms with Crippen LogP contribution in [0.5, 0.6) is 0 Å². The van der Waals surface area contributed by atoms with Crippen LogP contribution < -0.4 is 10.5 Å². The minimum absolute atomic E-state index is 0.0694. The topological polar surface area (TPSA) is 143 Å². The third-order valence-corrected chi connectivity index (χ3v) is 6.86. The molecule has 13 heteroatoms. The molecule has 238 valence electrons. The van der Waals surface area contributed by atoms with Crippen molar-refractivity contribution in [2.75, 3.05) is 4.90 Å². The smallest absolute Gasteiger partial charge is 0.425 e. The molecule has 0 bridgehead atoms. The van der Waals surface area contributed by atoms with Gasteiger partial charge in [-0.2, -0.15) is 4.90 Å². The number of anilines is 1. The monoisotopic (exact) mass is 680 g/mol. The van der Waals surface area contributed by atoms with Crippen molar-refractivity contribution in [2.45, 2.75) is 84.9 Å². The van der Waals surface area contributed by atoms with Gasteiger partial charge in [0.2, 0.25) is 5.89 Å². The Morgan fingerprint density at radius 3 is 2.16 bits per heavy atom. The van der Waals surface area contributed by atoms with Crippen LogP contribution in [0.4, 0.5) is 15.4 Å². The summed E-state index contributed by atoms with van der Waals surface area (Å²) in [7, 11) is 0. The van der Waals surface area contributed by atoms with E-state index in [1.54, 1.807) is 58.4 Å². The van der Waals surface area contributed by atoms with Gasteiger partial charge in [-0.05, 0) is 85.6 Å². The van der Waals surface area contributed by atoms with E-state index in [9.17, 15) is 14.4 Å². The van der Waals surface area contributed by atoms with Crippen molar-refractivity contribution in [3.63, 3.8) is 0 Å². The van der Waals surface area contributed by atoms with E-state index < -0.39 is 23.4 Å². The second-order valence-electron chi connectivity index (χ2n) is 12.7. The Balaban J connectivity index is 1.94. The van der Waals surface area contributed by atoms with Crippen LogP contribution in [0.2, 0.25) is 0 Å². The molecular weight excluding hydrogens is 644 g/mol. The molecule has 0 aliphatic rings. The number of alkyl halides is 1. The highest BCUT2D eigenvalue weighted by molar-refractivity contribution is 9.08. The number of benzene rings is 1. The molecule has 3 aromatic heterocycles. The van der Waals surface area contributed by atoms with E-state index >= 15 is 0 Å². The van der Waals surface area contributed by atoms with Crippen LogP contribution in [0.25, 0.3) is 34.3 Å². The normalized spacial score (nSPS) is 11.9. The van der Waals surface area contributed by atoms with Gasteiger partial charge in [-0.3, -0.25) is 4.79 Å². The maximum atomic E-state index is 13.5. The summed E-state index contributed by atoms with van der Waals surface area (Å²) in [4.78, 5) is 49.4. The second-order valence-corrected chi connectivity index (χ2v) is 13.2. The number of hydrogen-bond acceptors (Lipinski definition) is 10. The summed E-state index contributed by atoms with van der Waals surface area (Å²) in [6.45, 7) is 15.7. The second kappa shape index (κ2) is 12.9. The Morgan fingerprint density at radius 2 is 1.60 bits per heavy atom. The molecule has 45 heavy (non-hydrogen) atoms. The van der Waals surface area contributed by atoms with Crippen LogP contribution in [0.15, 0.2) is 51.9 Å². The first-order chi connectivity index (χ1) is 21.0. The molecule has 0 aliphatic carbocycles. The maximum absolute atomic E-state index is 13.5. The summed E-state index contributed by atoms with van der Waals surface area (Å²) in [5.41, 5.74) is 1.41. The minimum atomic E-state index is -1.03. The van der Waals surface area contributed by atoms with Crippen molar-refractivity contribution in [1.29, 1.82) is 0 Å². The Labute approximate surface area is 269 Å². The van der Waals surface area contributed by atoms with E-state index in [4.69, 9.17) is 18.9 Å². The number of carbonyl (C=O) groups is 2. The van der Waals surface area contributed by atoms with Crippen molar-refractivity contribution in [1.82, 2.24) is 24.7 Å². The molecule has 4 aromatic rings. The lowest BCUT2D eigenvalue weighted by Gasteiger charge is -2.28. The van der Waals surface area contributed by atoms with Crippen molar-refractivity contribution in [3.05, 3.63) is 64.2 Å². The molecule has 0 fully saturated rings. The number of nitrogens with zero attached hydrogens (tertiary/aromatic N) is 6. The SMILES string of the molecule is Cc1cc(CBr)ccc1-c1nnc(-c2nc(-c3ccc(=O)n(C(C)C)c3)cnc2N(C(=O)OC(C)(C)C)C(=O)OC(C)(C)C)o1. The number of pyridine rings is 1. The number of aryl methyl sites for hydroxylation is 1. The summed E-state index contributed by atoms with van der Waals surface area (Å²) in [5.74, 6) is -0.134. The van der Waals surface area contributed by atoms with Crippen molar-refractivity contribution < 1.29 is 23.5 Å². The van der Waals surface area contributed by atoms with Crippen LogP contribution in [0.1, 0.15) is 72.6 Å². The quantitative estimate of drug-likeness (QED) is 0.188. The lowest BCUT2D eigenvalue weighted by molar-refractivity contribution is 0.0429. The van der Waals surface area contributed by atoms with E-state index in [1.807, 2.05) is 39.0 Å². The highest BCUT2D eigenvalue weighted by Gasteiger charge is 2.37.